The smallest absolute Gasteiger partial charge is 0.305 e. The van der Waals surface area contributed by atoms with Gasteiger partial charge in [0, 0.05) is 38.4 Å². The number of nitrogens with zero attached hydrogens (tertiary/aromatic N) is 1. The molecule has 1 heterocycles. The first-order valence-electron chi connectivity index (χ1n) is 44.5. The number of hydrogen-bond acceptors (Lipinski definition) is 27. The first-order valence-corrected chi connectivity index (χ1v) is 44.5. The molecule has 0 radical (unpaired) electrons. The Kier molecular flexibility index (Phi) is 45.6. The van der Waals surface area contributed by atoms with Crippen molar-refractivity contribution >= 4 is 118 Å². The summed E-state index contributed by atoms with van der Waals surface area (Å²) in [6.07, 6.45) is -6.69. The summed E-state index contributed by atoms with van der Waals surface area (Å²) in [5, 5.41) is 128. The molecule has 17 amide bonds. The van der Waals surface area contributed by atoms with Gasteiger partial charge in [0.05, 0.1) is 55.9 Å². The molecule has 750 valence electrons. The highest BCUT2D eigenvalue weighted by Gasteiger charge is 2.43. The Labute approximate surface area is 789 Å². The number of aryl methyl sites for hydroxylation is 2. The van der Waals surface area contributed by atoms with E-state index in [1.807, 2.05) is 0 Å². The first kappa shape index (κ1) is 113. The molecule has 0 unspecified atom stereocenters. The number of phenolic OH excluding ortho intramolecular Hbond substituents is 2. The third-order valence-corrected chi connectivity index (χ3v) is 22.2. The van der Waals surface area contributed by atoms with E-state index in [4.69, 9.17) is 5.73 Å². The summed E-state index contributed by atoms with van der Waals surface area (Å²) < 4.78 is 0. The number of carboxylic acid groups (broad SMARTS) is 3. The minimum absolute atomic E-state index is 0.0814. The molecule has 0 aromatic heterocycles. The maximum Gasteiger partial charge on any atom is 0.305 e. The van der Waals surface area contributed by atoms with Crippen molar-refractivity contribution in [2.24, 2.45) is 23.0 Å². The Hall–Kier alpha value is -14.1. The zero-order chi connectivity index (χ0) is 102. The molecule has 16 atom stereocenters. The molecule has 5 rings (SSSR count). The van der Waals surface area contributed by atoms with Crippen LogP contribution in [-0.2, 0) is 106 Å². The highest BCUT2D eigenvalue weighted by Crippen LogP contribution is 2.25. The molecule has 0 aliphatic carbocycles. The van der Waals surface area contributed by atoms with Crippen LogP contribution in [0.15, 0.2) is 97.1 Å². The third kappa shape index (κ3) is 36.6. The maximum absolute atomic E-state index is 14.7. The summed E-state index contributed by atoms with van der Waals surface area (Å²) in [6, 6.07) is 0.596. The normalized spacial score (nSPS) is 15.2. The first-order chi connectivity index (χ1) is 64.5. The zero-order valence-electron chi connectivity index (χ0n) is 77.7. The molecule has 0 saturated carbocycles. The molecule has 1 aliphatic rings. The van der Waals surface area contributed by atoms with Crippen LogP contribution in [0.2, 0.25) is 0 Å². The number of aliphatic hydroxyl groups excluding tert-OH is 4. The molecule has 0 bridgehead atoms. The Bertz CT molecular complexity index is 4920. The number of aliphatic hydroxyl groups is 4. The van der Waals surface area contributed by atoms with Crippen LogP contribution in [0.3, 0.4) is 0 Å². The van der Waals surface area contributed by atoms with E-state index in [0.717, 1.165) is 38.2 Å². The predicted octanol–water partition coefficient (Wildman–Crippen LogP) is -4.52. The topological polar surface area (TPSA) is 733 Å². The Balaban J connectivity index is 1.31. The standard InChI is InChI=1S/C91H127N17O29/c1-11-48(5)72(84(131)100-62(40-54-23-28-56(114)29-24-54)79(126)97-61(37-46(2)3)78(125)98-64(41-70(118)119)77(124)95-49(6)17-15-16-34-92)106-83(130)67(45-110)102-76(123)60(31-25-52-21-26-55(113)27-22-52)96-80(127)65(42-71(120)121)99-82(129)66(44-109)103-86(133)74(51(8)112)107-81(128)63(39-53-18-13-12-14-19-53)101-85(132)73(50(7)111)105-68(115)43-94-75(122)59(32-33-69(116)117)104-90(137)91(9,10)89(136)93-35-36-108-87(134)57-30-20-47(4)38-58(57)88(108)135/h12-14,18-24,26-30,38,46,48-51,59-67,72-74,109-114H,11,15-17,25,31-37,39-45,92H2,1-10H3,(H,93,136)(H,94,122)(H,95,124)(H,96,127)(H,97,126)(H,98,125)(H,99,129)(H,100,131)(H,101,132)(H,102,123)(H,103,133)(H,104,137)(H,105,115)(H,106,130)(H,107,128)(H,116,117)(H,118,119)(H,120,121)/t48-,49+,50+,51+,59-,60-,61-,62-,63-,64-,65-,66-,67-,72-,73-,74-/m0/s1. The van der Waals surface area contributed by atoms with Gasteiger partial charge in [0.1, 0.15) is 89.4 Å². The molecule has 1 aliphatic heterocycles. The number of rotatable bonds is 58. The Morgan fingerprint density at radius 3 is 1.37 bits per heavy atom. The van der Waals surface area contributed by atoms with Crippen LogP contribution in [-0.4, -0.2) is 299 Å². The summed E-state index contributed by atoms with van der Waals surface area (Å²) in [5.74, 6) is -25.0. The molecule has 0 saturated heterocycles. The van der Waals surface area contributed by atoms with Crippen LogP contribution >= 0.6 is 0 Å². The van der Waals surface area contributed by atoms with E-state index in [1.165, 1.54) is 91.9 Å². The van der Waals surface area contributed by atoms with Gasteiger partial charge in [0.15, 0.2) is 0 Å². The molecule has 46 nitrogen and oxygen atoms in total. The van der Waals surface area contributed by atoms with Crippen molar-refractivity contribution in [3.8, 4) is 11.5 Å². The molecular weight excluding hydrogens is 1800 g/mol. The fourth-order valence-corrected chi connectivity index (χ4v) is 14.0. The van der Waals surface area contributed by atoms with Gasteiger partial charge < -0.3 is 131 Å². The van der Waals surface area contributed by atoms with E-state index in [2.05, 4.69) is 79.8 Å². The fraction of sp³-hybridized carbons (Fsp3) is 0.516. The maximum atomic E-state index is 14.7. The number of aromatic hydroxyl groups is 2. The second-order valence-corrected chi connectivity index (χ2v) is 34.4. The van der Waals surface area contributed by atoms with Crippen molar-refractivity contribution in [3.63, 3.8) is 0 Å². The predicted molar refractivity (Wildman–Crippen MR) is 486 cm³/mol. The van der Waals surface area contributed by atoms with E-state index < -0.39 is 279 Å². The number of carboxylic acids is 3. The lowest BCUT2D eigenvalue weighted by Gasteiger charge is -2.30. The number of amides is 17. The van der Waals surface area contributed by atoms with Crippen LogP contribution in [0.4, 0.5) is 0 Å². The van der Waals surface area contributed by atoms with Gasteiger partial charge in [0.25, 0.3) is 11.8 Å². The average Bonchev–Trinajstić information content (AvgIpc) is 1.63. The SMILES string of the molecule is CC[C@H](C)[C@H](NC(=O)[C@H](CO)NC(=O)[C@H](CCc1ccc(O)cc1)NC(=O)[C@H](CC(=O)O)NC(=O)[C@H](CO)NC(=O)[C@@H](NC(=O)[C@H](Cc1ccccc1)NC(=O)[C@@H](NC(=O)CNC(=O)[C@H](CCC(=O)O)NC(=O)C(C)(C)C(=O)NCCN1C(=O)c2ccc(C)cc2C1=O)[C@@H](C)O)[C@@H](C)O)C(=O)N[C@@H](Cc1ccc(O)cc1)C(=O)N[C@@H](CC(C)C)C(=O)N[C@@H](CC(=O)O)C(=O)N[C@H](C)CCCCN. The van der Waals surface area contributed by atoms with Crippen molar-refractivity contribution < 1.29 is 142 Å². The number of fused-ring (bicyclic) bond motifs is 1. The molecule has 0 fully saturated rings. The van der Waals surface area contributed by atoms with E-state index >= 15 is 0 Å². The summed E-state index contributed by atoms with van der Waals surface area (Å²) in [6.45, 7) is 10.5. The second-order valence-electron chi connectivity index (χ2n) is 34.4. The second kappa shape index (κ2) is 55.0. The Morgan fingerprint density at radius 2 is 0.854 bits per heavy atom. The van der Waals surface area contributed by atoms with Gasteiger partial charge in [-0.15, -0.1) is 0 Å². The van der Waals surface area contributed by atoms with Crippen LogP contribution in [0.1, 0.15) is 169 Å². The summed E-state index contributed by atoms with van der Waals surface area (Å²) in [7, 11) is 0. The van der Waals surface area contributed by atoms with Crippen LogP contribution in [0.25, 0.3) is 0 Å². The summed E-state index contributed by atoms with van der Waals surface area (Å²) in [4.78, 5) is 275. The van der Waals surface area contributed by atoms with Gasteiger partial charge in [-0.3, -0.25) is 101 Å². The van der Waals surface area contributed by atoms with Crippen LogP contribution in [0, 0.1) is 24.2 Å². The number of nitrogens with two attached hydrogens (primary N) is 1. The molecule has 0 spiro atoms. The van der Waals surface area contributed by atoms with Gasteiger partial charge in [-0.05, 0) is 152 Å². The largest absolute Gasteiger partial charge is 0.508 e. The van der Waals surface area contributed by atoms with Gasteiger partial charge >= 0.3 is 17.9 Å². The minimum Gasteiger partial charge on any atom is -0.508 e. The average molecular weight is 1920 g/mol. The highest BCUT2D eigenvalue weighted by molar-refractivity contribution is 6.21. The number of hydrogen-bond donors (Lipinski definition) is 25. The monoisotopic (exact) mass is 1920 g/mol. The number of imide groups is 1. The van der Waals surface area contributed by atoms with Gasteiger partial charge in [-0.25, -0.2) is 0 Å². The minimum atomic E-state index is -2.22. The number of phenols is 2. The number of carbonyl (C=O) groups is 20. The van der Waals surface area contributed by atoms with E-state index in [1.54, 1.807) is 46.8 Å². The number of nitrogens with one attached hydrogen (secondary N) is 15. The van der Waals surface area contributed by atoms with Crippen LogP contribution in [0.5, 0.6) is 11.5 Å². The number of carbonyl (C=O) groups excluding carboxylic acids is 17. The van der Waals surface area contributed by atoms with E-state index in [-0.39, 0.29) is 67.3 Å². The van der Waals surface area contributed by atoms with E-state index in [0.29, 0.717) is 42.5 Å². The number of benzene rings is 4. The zero-order valence-corrected chi connectivity index (χ0v) is 77.7. The lowest BCUT2D eigenvalue weighted by Crippen LogP contribution is -2.63. The molecule has 26 N–H and O–H groups in total. The molecule has 4 aromatic rings. The summed E-state index contributed by atoms with van der Waals surface area (Å²) in [5.41, 5.74) is 5.77. The van der Waals surface area contributed by atoms with Crippen LogP contribution < -0.4 is 85.5 Å². The molecule has 4 aromatic carbocycles. The lowest BCUT2D eigenvalue weighted by atomic mass is 9.90. The van der Waals surface area contributed by atoms with Crippen molar-refractivity contribution in [2.45, 2.75) is 243 Å². The van der Waals surface area contributed by atoms with E-state index in [9.17, 15) is 142 Å². The summed E-state index contributed by atoms with van der Waals surface area (Å²) >= 11 is 0. The number of aliphatic carboxylic acids is 3. The Morgan fingerprint density at radius 1 is 0.423 bits per heavy atom. The van der Waals surface area contributed by atoms with Gasteiger partial charge in [-0.2, -0.15) is 0 Å². The molecule has 46 heteroatoms. The van der Waals surface area contributed by atoms with Crippen molar-refractivity contribution in [1.82, 2.24) is 84.7 Å². The van der Waals surface area contributed by atoms with Crippen molar-refractivity contribution in [3.05, 3.63) is 130 Å². The third-order valence-electron chi connectivity index (χ3n) is 22.2. The lowest BCUT2D eigenvalue weighted by molar-refractivity contribution is -0.144. The van der Waals surface area contributed by atoms with Crippen molar-refractivity contribution in [1.29, 1.82) is 0 Å². The van der Waals surface area contributed by atoms with Gasteiger partial charge in [0.2, 0.25) is 88.6 Å². The quantitative estimate of drug-likeness (QED) is 0.0112. The van der Waals surface area contributed by atoms with Gasteiger partial charge in [-0.1, -0.05) is 107 Å². The van der Waals surface area contributed by atoms with Crippen molar-refractivity contribution in [2.75, 3.05) is 39.4 Å². The molecular formula is C91H127N17O29. The number of unbranched alkanes of at least 4 members (excludes halogenated alkanes) is 1. The molecule has 137 heavy (non-hydrogen) atoms. The fourth-order valence-electron chi connectivity index (χ4n) is 14.0. The highest BCUT2D eigenvalue weighted by atomic mass is 16.4.